The van der Waals surface area contributed by atoms with Crippen molar-refractivity contribution >= 4 is 39.2 Å². The van der Waals surface area contributed by atoms with Crippen LogP contribution in [0.3, 0.4) is 0 Å². The Balaban J connectivity index is 1.51. The van der Waals surface area contributed by atoms with Gasteiger partial charge in [0, 0.05) is 24.0 Å². The van der Waals surface area contributed by atoms with E-state index in [-0.39, 0.29) is 41.2 Å². The Labute approximate surface area is 203 Å². The van der Waals surface area contributed by atoms with Crippen molar-refractivity contribution in [3.63, 3.8) is 0 Å². The van der Waals surface area contributed by atoms with Gasteiger partial charge in [0.25, 0.3) is 0 Å². The molecule has 2 aromatic carbocycles. The van der Waals surface area contributed by atoms with Crippen LogP contribution < -0.4 is 14.4 Å². The molecule has 2 aromatic rings. The SMILES string of the molecule is COC(=O)C1CN(C(=O)C2CCN(S(=O)(=O)c3cc(Cl)ccc3OC)CC2)c2ccccc2O1. The second-order valence-electron chi connectivity index (χ2n) is 8.02. The molecule has 1 unspecified atom stereocenters. The molecule has 1 amide bonds. The zero-order valence-electron chi connectivity index (χ0n) is 18.8. The van der Waals surface area contributed by atoms with Crippen molar-refractivity contribution in [1.82, 2.24) is 4.31 Å². The predicted octanol–water partition coefficient (Wildman–Crippen LogP) is 2.72. The molecule has 9 nitrogen and oxygen atoms in total. The Morgan fingerprint density at radius 3 is 2.47 bits per heavy atom. The fraction of sp³-hybridized carbons (Fsp3) is 0.391. The van der Waals surface area contributed by atoms with Crippen LogP contribution in [0.2, 0.25) is 5.02 Å². The van der Waals surface area contributed by atoms with Crippen LogP contribution in [0, 0.1) is 5.92 Å². The number of piperidine rings is 1. The number of carbonyl (C=O) groups is 2. The van der Waals surface area contributed by atoms with E-state index in [1.54, 1.807) is 30.3 Å². The molecule has 11 heteroatoms. The average molecular weight is 509 g/mol. The van der Waals surface area contributed by atoms with Crippen LogP contribution in [0.15, 0.2) is 47.4 Å². The molecule has 1 atom stereocenters. The van der Waals surface area contributed by atoms with Gasteiger partial charge in [0.15, 0.2) is 0 Å². The lowest BCUT2D eigenvalue weighted by Gasteiger charge is -2.37. The normalized spacial score (nSPS) is 19.1. The quantitative estimate of drug-likeness (QED) is 0.572. The van der Waals surface area contributed by atoms with E-state index >= 15 is 0 Å². The number of benzene rings is 2. The first-order chi connectivity index (χ1) is 16.3. The minimum Gasteiger partial charge on any atom is -0.495 e. The number of methoxy groups -OCH3 is 2. The summed E-state index contributed by atoms with van der Waals surface area (Å²) in [6.07, 6.45) is -0.258. The summed E-state index contributed by atoms with van der Waals surface area (Å²) < 4.78 is 43.5. The fourth-order valence-electron chi connectivity index (χ4n) is 4.25. The van der Waals surface area contributed by atoms with Crippen LogP contribution in [-0.4, -0.2) is 64.6 Å². The number of esters is 1. The first-order valence-corrected chi connectivity index (χ1v) is 12.6. The third-order valence-corrected chi connectivity index (χ3v) is 8.21. The minimum atomic E-state index is -3.86. The maximum absolute atomic E-state index is 13.5. The molecule has 182 valence electrons. The van der Waals surface area contributed by atoms with Gasteiger partial charge in [-0.25, -0.2) is 13.2 Å². The number of para-hydroxylation sites is 2. The van der Waals surface area contributed by atoms with Gasteiger partial charge < -0.3 is 19.1 Å². The van der Waals surface area contributed by atoms with E-state index in [1.807, 2.05) is 0 Å². The molecule has 0 bridgehead atoms. The van der Waals surface area contributed by atoms with Crippen LogP contribution in [0.4, 0.5) is 5.69 Å². The zero-order chi connectivity index (χ0) is 24.5. The van der Waals surface area contributed by atoms with Crippen molar-refractivity contribution in [2.75, 3.05) is 38.8 Å². The molecule has 1 fully saturated rings. The molecule has 0 radical (unpaired) electrons. The second kappa shape index (κ2) is 9.81. The molecule has 2 heterocycles. The van der Waals surface area contributed by atoms with Crippen molar-refractivity contribution < 1.29 is 32.2 Å². The molecule has 0 N–H and O–H groups in total. The maximum Gasteiger partial charge on any atom is 0.348 e. The highest BCUT2D eigenvalue weighted by atomic mass is 35.5. The van der Waals surface area contributed by atoms with Crippen molar-refractivity contribution in [3.8, 4) is 11.5 Å². The van der Waals surface area contributed by atoms with Gasteiger partial charge in [-0.15, -0.1) is 0 Å². The molecule has 0 spiro atoms. The Morgan fingerprint density at radius 2 is 1.79 bits per heavy atom. The Kier molecular flexibility index (Phi) is 7.01. The largest absolute Gasteiger partial charge is 0.495 e. The summed E-state index contributed by atoms with van der Waals surface area (Å²) >= 11 is 6.02. The summed E-state index contributed by atoms with van der Waals surface area (Å²) in [5, 5.41) is 0.288. The number of sulfonamides is 1. The number of fused-ring (bicyclic) bond motifs is 1. The third-order valence-electron chi connectivity index (χ3n) is 6.05. The van der Waals surface area contributed by atoms with Gasteiger partial charge in [0.2, 0.25) is 22.0 Å². The molecule has 2 aliphatic rings. The first kappa shape index (κ1) is 24.3. The number of ether oxygens (including phenoxy) is 3. The smallest absolute Gasteiger partial charge is 0.348 e. The van der Waals surface area contributed by atoms with Crippen LogP contribution in [-0.2, 0) is 24.3 Å². The molecular weight excluding hydrogens is 484 g/mol. The number of hydrogen-bond donors (Lipinski definition) is 0. The number of carbonyl (C=O) groups excluding carboxylic acids is 2. The number of nitrogens with zero attached hydrogens (tertiary/aromatic N) is 2. The second-order valence-corrected chi connectivity index (χ2v) is 10.4. The van der Waals surface area contributed by atoms with Gasteiger partial charge in [-0.1, -0.05) is 23.7 Å². The minimum absolute atomic E-state index is 0.00435. The van der Waals surface area contributed by atoms with Crippen LogP contribution in [0.1, 0.15) is 12.8 Å². The van der Waals surface area contributed by atoms with Crippen LogP contribution in [0.25, 0.3) is 0 Å². The summed E-state index contributed by atoms with van der Waals surface area (Å²) in [4.78, 5) is 27.1. The maximum atomic E-state index is 13.5. The Hall–Kier alpha value is -2.82. The first-order valence-electron chi connectivity index (χ1n) is 10.7. The van der Waals surface area contributed by atoms with Gasteiger partial charge in [0.05, 0.1) is 26.5 Å². The Morgan fingerprint density at radius 1 is 1.09 bits per heavy atom. The van der Waals surface area contributed by atoms with E-state index in [0.717, 1.165) is 0 Å². The van der Waals surface area contributed by atoms with E-state index in [1.165, 1.54) is 35.6 Å². The number of anilines is 1. The van der Waals surface area contributed by atoms with E-state index in [9.17, 15) is 18.0 Å². The zero-order valence-corrected chi connectivity index (χ0v) is 20.3. The van der Waals surface area contributed by atoms with Gasteiger partial charge in [-0.05, 0) is 43.2 Å². The van der Waals surface area contributed by atoms with Crippen molar-refractivity contribution in [1.29, 1.82) is 0 Å². The summed E-state index contributed by atoms with van der Waals surface area (Å²) in [7, 11) is -1.19. The topological polar surface area (TPSA) is 102 Å². The molecule has 0 aliphatic carbocycles. The summed E-state index contributed by atoms with van der Waals surface area (Å²) in [5.41, 5.74) is 0.575. The number of rotatable bonds is 5. The highest BCUT2D eigenvalue weighted by Crippen LogP contribution is 2.36. The van der Waals surface area contributed by atoms with Gasteiger partial charge in [-0.3, -0.25) is 4.79 Å². The molecule has 0 aromatic heterocycles. The summed E-state index contributed by atoms with van der Waals surface area (Å²) in [6, 6.07) is 11.4. The van der Waals surface area contributed by atoms with Gasteiger partial charge in [-0.2, -0.15) is 4.31 Å². The number of amides is 1. The van der Waals surface area contributed by atoms with E-state index in [0.29, 0.717) is 24.3 Å². The summed E-state index contributed by atoms with van der Waals surface area (Å²) in [6.45, 7) is 0.363. The van der Waals surface area contributed by atoms with Gasteiger partial charge >= 0.3 is 5.97 Å². The fourth-order valence-corrected chi connectivity index (χ4v) is 6.14. The third kappa shape index (κ3) is 4.57. The molecule has 4 rings (SSSR count). The lowest BCUT2D eigenvalue weighted by atomic mass is 9.95. The standard InChI is InChI=1S/C23H25ClN2O7S/c1-31-19-8-7-16(24)13-21(19)34(29,30)25-11-9-15(10-12-25)22(27)26-14-20(23(28)32-2)33-18-6-4-3-5-17(18)26/h3-8,13,15,20H,9-12,14H2,1-2H3. The molecule has 2 aliphatic heterocycles. The van der Waals surface area contributed by atoms with E-state index < -0.39 is 28.0 Å². The van der Waals surface area contributed by atoms with Gasteiger partial charge in [0.1, 0.15) is 16.4 Å². The molecule has 34 heavy (non-hydrogen) atoms. The monoisotopic (exact) mass is 508 g/mol. The highest BCUT2D eigenvalue weighted by molar-refractivity contribution is 7.89. The molecule has 0 saturated carbocycles. The average Bonchev–Trinajstić information content (AvgIpc) is 2.87. The Bertz CT molecular complexity index is 1200. The molecular formula is C23H25ClN2O7S. The van der Waals surface area contributed by atoms with Crippen LogP contribution >= 0.6 is 11.6 Å². The number of hydrogen-bond acceptors (Lipinski definition) is 7. The highest BCUT2D eigenvalue weighted by Gasteiger charge is 2.39. The lowest BCUT2D eigenvalue weighted by molar-refractivity contribution is -0.148. The van der Waals surface area contributed by atoms with Crippen LogP contribution in [0.5, 0.6) is 11.5 Å². The predicted molar refractivity (Wildman–Crippen MR) is 125 cm³/mol. The van der Waals surface area contributed by atoms with E-state index in [2.05, 4.69) is 0 Å². The lowest BCUT2D eigenvalue weighted by Crippen LogP contribution is -2.51. The number of halogens is 1. The van der Waals surface area contributed by atoms with Crippen molar-refractivity contribution in [2.45, 2.75) is 23.8 Å². The van der Waals surface area contributed by atoms with Crippen molar-refractivity contribution in [3.05, 3.63) is 47.5 Å². The molecule has 1 saturated heterocycles. The van der Waals surface area contributed by atoms with Crippen molar-refractivity contribution in [2.24, 2.45) is 5.92 Å². The van der Waals surface area contributed by atoms with E-state index in [4.69, 9.17) is 25.8 Å². The summed E-state index contributed by atoms with van der Waals surface area (Å²) in [5.74, 6) is -0.519.